The summed E-state index contributed by atoms with van der Waals surface area (Å²) in [6.45, 7) is 4.88. The highest BCUT2D eigenvalue weighted by atomic mass is 16.5. The minimum absolute atomic E-state index is 0.281. The summed E-state index contributed by atoms with van der Waals surface area (Å²) in [5.74, 6) is 1.88. The van der Waals surface area contributed by atoms with Crippen LogP contribution in [-0.2, 0) is 13.0 Å². The number of aliphatic hydroxyl groups excluding tert-OH is 1. The largest absolute Gasteiger partial charge is 0.396 e. The van der Waals surface area contributed by atoms with E-state index in [1.54, 1.807) is 0 Å². The third-order valence-electron chi connectivity index (χ3n) is 2.47. The van der Waals surface area contributed by atoms with E-state index in [0.717, 1.165) is 31.9 Å². The van der Waals surface area contributed by atoms with E-state index in [2.05, 4.69) is 15.0 Å². The van der Waals surface area contributed by atoms with Crippen molar-refractivity contribution in [1.29, 1.82) is 0 Å². The molecule has 0 radical (unpaired) electrons. The Morgan fingerprint density at radius 3 is 2.93 bits per heavy atom. The molecule has 1 aromatic heterocycles. The second-order valence-electron chi connectivity index (χ2n) is 3.70. The fourth-order valence-electron chi connectivity index (χ4n) is 1.62. The zero-order valence-corrected chi connectivity index (χ0v) is 8.31. The van der Waals surface area contributed by atoms with Crippen molar-refractivity contribution in [3.63, 3.8) is 0 Å². The minimum Gasteiger partial charge on any atom is -0.396 e. The Morgan fingerprint density at radius 1 is 1.57 bits per heavy atom. The molecule has 5 nitrogen and oxygen atoms in total. The van der Waals surface area contributed by atoms with Gasteiger partial charge in [0, 0.05) is 32.0 Å². The molecule has 1 aromatic rings. The number of likely N-dealkylation sites (tertiary alicyclic amines) is 1. The van der Waals surface area contributed by atoms with E-state index < -0.39 is 0 Å². The van der Waals surface area contributed by atoms with Gasteiger partial charge in [0.2, 0.25) is 5.89 Å². The Bertz CT molecular complexity index is 294. The van der Waals surface area contributed by atoms with Crippen molar-refractivity contribution < 1.29 is 9.63 Å². The second kappa shape index (κ2) is 4.06. The molecule has 0 bridgehead atoms. The molecule has 1 fully saturated rings. The van der Waals surface area contributed by atoms with Crippen LogP contribution in [0.5, 0.6) is 0 Å². The first-order chi connectivity index (χ1) is 6.81. The van der Waals surface area contributed by atoms with Gasteiger partial charge in [0.15, 0.2) is 5.82 Å². The molecule has 0 aliphatic carbocycles. The van der Waals surface area contributed by atoms with Crippen LogP contribution in [0, 0.1) is 5.92 Å². The van der Waals surface area contributed by atoms with Crippen LogP contribution < -0.4 is 0 Å². The van der Waals surface area contributed by atoms with Gasteiger partial charge in [0.25, 0.3) is 0 Å². The quantitative estimate of drug-likeness (QED) is 0.739. The van der Waals surface area contributed by atoms with Crippen molar-refractivity contribution >= 4 is 0 Å². The summed E-state index contributed by atoms with van der Waals surface area (Å²) < 4.78 is 5.00. The van der Waals surface area contributed by atoms with Crippen LogP contribution in [0.2, 0.25) is 0 Å². The lowest BCUT2D eigenvalue weighted by Gasteiger charge is -2.37. The Labute approximate surface area is 82.7 Å². The molecule has 0 spiro atoms. The molecule has 0 aromatic carbocycles. The highest BCUT2D eigenvalue weighted by molar-refractivity contribution is 4.89. The molecule has 1 aliphatic heterocycles. The fourth-order valence-corrected chi connectivity index (χ4v) is 1.62. The highest BCUT2D eigenvalue weighted by Gasteiger charge is 2.26. The van der Waals surface area contributed by atoms with Crippen molar-refractivity contribution in [2.75, 3.05) is 19.7 Å². The first-order valence-electron chi connectivity index (χ1n) is 4.96. The van der Waals surface area contributed by atoms with Crippen LogP contribution >= 0.6 is 0 Å². The zero-order chi connectivity index (χ0) is 9.97. The van der Waals surface area contributed by atoms with Crippen LogP contribution in [0.15, 0.2) is 4.52 Å². The maximum atomic E-state index is 8.84. The lowest BCUT2D eigenvalue weighted by atomic mass is 10.0. The first kappa shape index (κ1) is 9.61. The molecular weight excluding hydrogens is 182 g/mol. The third kappa shape index (κ3) is 1.93. The van der Waals surface area contributed by atoms with Gasteiger partial charge in [-0.15, -0.1) is 0 Å². The SMILES string of the molecule is CCc1nc(CN2CC(CO)C2)no1. The molecule has 0 amide bonds. The number of hydrogen-bond acceptors (Lipinski definition) is 5. The number of aromatic nitrogens is 2. The molecule has 0 saturated carbocycles. The normalized spacial score (nSPS) is 18.4. The maximum Gasteiger partial charge on any atom is 0.226 e. The van der Waals surface area contributed by atoms with Gasteiger partial charge < -0.3 is 9.63 Å². The van der Waals surface area contributed by atoms with E-state index in [-0.39, 0.29) is 6.61 Å². The smallest absolute Gasteiger partial charge is 0.226 e. The summed E-state index contributed by atoms with van der Waals surface area (Å²) >= 11 is 0. The van der Waals surface area contributed by atoms with Crippen molar-refractivity contribution in [3.8, 4) is 0 Å². The lowest BCUT2D eigenvalue weighted by Crippen LogP contribution is -2.47. The van der Waals surface area contributed by atoms with Crippen LogP contribution in [0.1, 0.15) is 18.6 Å². The molecule has 14 heavy (non-hydrogen) atoms. The van der Waals surface area contributed by atoms with Crippen molar-refractivity contribution in [3.05, 3.63) is 11.7 Å². The van der Waals surface area contributed by atoms with E-state index in [0.29, 0.717) is 11.8 Å². The topological polar surface area (TPSA) is 62.4 Å². The Balaban J connectivity index is 1.81. The molecule has 0 atom stereocenters. The standard InChI is InChI=1S/C9H15N3O2/c1-2-9-10-8(11-14-9)5-12-3-7(4-12)6-13/h7,13H,2-6H2,1H3. The molecule has 0 unspecified atom stereocenters. The number of aliphatic hydroxyl groups is 1. The summed E-state index contributed by atoms with van der Waals surface area (Å²) in [5, 5.41) is 12.7. The summed E-state index contributed by atoms with van der Waals surface area (Å²) in [6.07, 6.45) is 0.784. The predicted molar refractivity (Wildman–Crippen MR) is 49.5 cm³/mol. The Morgan fingerprint density at radius 2 is 2.36 bits per heavy atom. The van der Waals surface area contributed by atoms with Gasteiger partial charge in [0.1, 0.15) is 0 Å². The number of rotatable bonds is 4. The van der Waals surface area contributed by atoms with Crippen molar-refractivity contribution in [1.82, 2.24) is 15.0 Å². The molecule has 1 N–H and O–H groups in total. The van der Waals surface area contributed by atoms with Gasteiger partial charge in [-0.25, -0.2) is 0 Å². The summed E-state index contributed by atoms with van der Waals surface area (Å²) in [7, 11) is 0. The predicted octanol–water partition coefficient (Wildman–Crippen LogP) is 0.0561. The summed E-state index contributed by atoms with van der Waals surface area (Å²) in [6, 6.07) is 0. The maximum absolute atomic E-state index is 8.84. The second-order valence-corrected chi connectivity index (χ2v) is 3.70. The number of nitrogens with zero attached hydrogens (tertiary/aromatic N) is 3. The van der Waals surface area contributed by atoms with Crippen LogP contribution in [0.3, 0.4) is 0 Å². The van der Waals surface area contributed by atoms with Crippen molar-refractivity contribution in [2.24, 2.45) is 5.92 Å². The van der Waals surface area contributed by atoms with Crippen molar-refractivity contribution in [2.45, 2.75) is 19.9 Å². The number of hydrogen-bond donors (Lipinski definition) is 1. The Hall–Kier alpha value is -0.940. The van der Waals surface area contributed by atoms with E-state index in [1.807, 2.05) is 6.92 Å². The fraction of sp³-hybridized carbons (Fsp3) is 0.778. The average molecular weight is 197 g/mol. The van der Waals surface area contributed by atoms with E-state index in [9.17, 15) is 0 Å². The van der Waals surface area contributed by atoms with Crippen LogP contribution in [0.25, 0.3) is 0 Å². The third-order valence-corrected chi connectivity index (χ3v) is 2.47. The molecule has 1 saturated heterocycles. The minimum atomic E-state index is 0.281. The summed E-state index contributed by atoms with van der Waals surface area (Å²) in [5.41, 5.74) is 0. The van der Waals surface area contributed by atoms with Crippen LogP contribution in [-0.4, -0.2) is 39.8 Å². The molecule has 2 rings (SSSR count). The van der Waals surface area contributed by atoms with Gasteiger partial charge >= 0.3 is 0 Å². The highest BCUT2D eigenvalue weighted by Crippen LogP contribution is 2.16. The van der Waals surface area contributed by atoms with Gasteiger partial charge in [-0.05, 0) is 0 Å². The van der Waals surface area contributed by atoms with E-state index in [1.165, 1.54) is 0 Å². The zero-order valence-electron chi connectivity index (χ0n) is 8.31. The average Bonchev–Trinajstić information content (AvgIpc) is 2.58. The van der Waals surface area contributed by atoms with Crippen LogP contribution in [0.4, 0.5) is 0 Å². The molecule has 5 heteroatoms. The van der Waals surface area contributed by atoms with Gasteiger partial charge in [-0.2, -0.15) is 4.98 Å². The van der Waals surface area contributed by atoms with Gasteiger partial charge in [-0.3, -0.25) is 4.90 Å². The first-order valence-corrected chi connectivity index (χ1v) is 4.96. The monoisotopic (exact) mass is 197 g/mol. The van der Waals surface area contributed by atoms with E-state index in [4.69, 9.17) is 9.63 Å². The van der Waals surface area contributed by atoms with Gasteiger partial charge in [0.05, 0.1) is 6.54 Å². The molecule has 78 valence electrons. The van der Waals surface area contributed by atoms with Gasteiger partial charge in [-0.1, -0.05) is 12.1 Å². The molecular formula is C9H15N3O2. The lowest BCUT2D eigenvalue weighted by molar-refractivity contribution is 0.0454. The number of aryl methyl sites for hydroxylation is 1. The summed E-state index contributed by atoms with van der Waals surface area (Å²) in [4.78, 5) is 6.42. The molecule has 1 aliphatic rings. The van der Waals surface area contributed by atoms with E-state index >= 15 is 0 Å². The Kier molecular flexibility index (Phi) is 2.79. The molecule has 2 heterocycles.